The average Bonchev–Trinajstić information content (AvgIpc) is 2.11. The number of hydrogen-bond acceptors (Lipinski definition) is 4. The summed E-state index contributed by atoms with van der Waals surface area (Å²) in [4.78, 5) is 23.6. The molecule has 0 aliphatic carbocycles. The topological polar surface area (TPSA) is 101 Å². The molecule has 0 aliphatic heterocycles. The number of amides is 3. The molecule has 0 heterocycles. The highest BCUT2D eigenvalue weighted by atomic mass is 16.2. The third-order valence-electron chi connectivity index (χ3n) is 2.22. The van der Waals surface area contributed by atoms with Crippen LogP contribution in [0.5, 0.6) is 0 Å². The zero-order chi connectivity index (χ0) is 12.0. The molecule has 6 nitrogen and oxygen atoms in total. The van der Waals surface area contributed by atoms with Crippen LogP contribution in [0.2, 0.25) is 0 Å². The molecular weight excluding hydrogens is 196 g/mol. The van der Waals surface area contributed by atoms with E-state index in [2.05, 4.69) is 0 Å². The summed E-state index contributed by atoms with van der Waals surface area (Å²) in [5.41, 5.74) is 10.4. The van der Waals surface area contributed by atoms with Crippen molar-refractivity contribution in [2.45, 2.75) is 32.4 Å². The van der Waals surface area contributed by atoms with Gasteiger partial charge in [-0.2, -0.15) is 0 Å². The molecule has 0 spiro atoms. The van der Waals surface area contributed by atoms with Crippen LogP contribution < -0.4 is 16.8 Å². The molecule has 0 saturated heterocycles. The van der Waals surface area contributed by atoms with Crippen LogP contribution in [0.4, 0.5) is 4.79 Å². The third-order valence-corrected chi connectivity index (χ3v) is 2.22. The Morgan fingerprint density at radius 1 is 1.40 bits per heavy atom. The smallest absolute Gasteiger partial charge is 0.318 e. The highest BCUT2D eigenvalue weighted by Crippen LogP contribution is 1.98. The van der Waals surface area contributed by atoms with E-state index >= 15 is 0 Å². The number of nitrogens with one attached hydrogen (secondary N) is 1. The number of likely N-dealkylation sites (N-methyl/N-ethyl adjacent to an activating group) is 1. The van der Waals surface area contributed by atoms with E-state index in [0.29, 0.717) is 6.54 Å². The van der Waals surface area contributed by atoms with Gasteiger partial charge in [-0.25, -0.2) is 4.79 Å². The van der Waals surface area contributed by atoms with Crippen LogP contribution in [0, 0.1) is 0 Å². The Labute approximate surface area is 90.0 Å². The second kappa shape index (κ2) is 6.36. The van der Waals surface area contributed by atoms with Gasteiger partial charge in [0.05, 0.1) is 6.04 Å². The van der Waals surface area contributed by atoms with E-state index in [9.17, 15) is 9.59 Å². The number of imide groups is 1. The molecule has 0 rings (SSSR count). The maximum atomic E-state index is 11.4. The van der Waals surface area contributed by atoms with E-state index < -0.39 is 18.0 Å². The van der Waals surface area contributed by atoms with Gasteiger partial charge in [-0.3, -0.25) is 15.0 Å². The first-order valence-electron chi connectivity index (χ1n) is 4.90. The number of nitrogens with two attached hydrogens (primary N) is 2. The number of nitrogens with zero attached hydrogens (tertiary/aromatic N) is 1. The molecule has 15 heavy (non-hydrogen) atoms. The first kappa shape index (κ1) is 13.9. The first-order valence-corrected chi connectivity index (χ1v) is 4.90. The lowest BCUT2D eigenvalue weighted by atomic mass is 10.2. The fraction of sp³-hybridized carbons (Fsp3) is 0.778. The van der Waals surface area contributed by atoms with E-state index in [1.807, 2.05) is 17.1 Å². The van der Waals surface area contributed by atoms with E-state index in [0.717, 1.165) is 6.42 Å². The lowest BCUT2D eigenvalue weighted by Gasteiger charge is -2.23. The lowest BCUT2D eigenvalue weighted by molar-refractivity contribution is -0.124. The van der Waals surface area contributed by atoms with Crippen molar-refractivity contribution in [2.75, 3.05) is 13.6 Å². The van der Waals surface area contributed by atoms with E-state index in [4.69, 9.17) is 11.5 Å². The summed E-state index contributed by atoms with van der Waals surface area (Å²) >= 11 is 0. The quantitative estimate of drug-likeness (QED) is 0.562. The molecule has 0 saturated carbocycles. The van der Waals surface area contributed by atoms with Crippen molar-refractivity contribution in [1.29, 1.82) is 0 Å². The predicted octanol–water partition coefficient (Wildman–Crippen LogP) is -0.761. The molecule has 0 fully saturated rings. The van der Waals surface area contributed by atoms with Gasteiger partial charge in [-0.1, -0.05) is 0 Å². The Morgan fingerprint density at radius 2 is 1.93 bits per heavy atom. The maximum absolute atomic E-state index is 11.4. The number of carbonyl (C=O) groups is 2. The second-order valence-electron chi connectivity index (χ2n) is 3.78. The Hall–Kier alpha value is -1.14. The van der Waals surface area contributed by atoms with Gasteiger partial charge in [0.2, 0.25) is 5.91 Å². The van der Waals surface area contributed by atoms with Crippen LogP contribution in [0.25, 0.3) is 0 Å². The monoisotopic (exact) mass is 216 g/mol. The number of rotatable bonds is 5. The van der Waals surface area contributed by atoms with Crippen LogP contribution >= 0.6 is 0 Å². The van der Waals surface area contributed by atoms with Gasteiger partial charge in [0.1, 0.15) is 0 Å². The van der Waals surface area contributed by atoms with E-state index in [-0.39, 0.29) is 6.04 Å². The Morgan fingerprint density at radius 3 is 2.33 bits per heavy atom. The zero-order valence-electron chi connectivity index (χ0n) is 9.49. The van der Waals surface area contributed by atoms with Gasteiger partial charge >= 0.3 is 6.03 Å². The van der Waals surface area contributed by atoms with Crippen LogP contribution in [0.15, 0.2) is 0 Å². The average molecular weight is 216 g/mol. The van der Waals surface area contributed by atoms with Gasteiger partial charge in [0, 0.05) is 12.6 Å². The van der Waals surface area contributed by atoms with Crippen molar-refractivity contribution in [3.05, 3.63) is 0 Å². The summed E-state index contributed by atoms with van der Waals surface area (Å²) in [7, 11) is 1.80. The molecule has 0 radical (unpaired) electrons. The molecule has 5 N–H and O–H groups in total. The minimum atomic E-state index is -0.826. The molecule has 0 aromatic heterocycles. The zero-order valence-corrected chi connectivity index (χ0v) is 9.49. The van der Waals surface area contributed by atoms with Gasteiger partial charge < -0.3 is 11.5 Å². The molecular formula is C9H20N4O2. The first-order chi connectivity index (χ1) is 6.84. The molecule has 2 unspecified atom stereocenters. The summed E-state index contributed by atoms with van der Waals surface area (Å²) in [6, 6.07) is -1.12. The number of carbonyl (C=O) groups excluding carboxylic acids is 2. The van der Waals surface area contributed by atoms with Crippen LogP contribution in [-0.2, 0) is 4.79 Å². The molecule has 0 aromatic carbocycles. The van der Waals surface area contributed by atoms with Crippen molar-refractivity contribution in [1.82, 2.24) is 10.2 Å². The molecule has 3 amide bonds. The molecule has 2 atom stereocenters. The van der Waals surface area contributed by atoms with E-state index in [1.54, 1.807) is 14.0 Å². The van der Waals surface area contributed by atoms with Crippen LogP contribution in [0.1, 0.15) is 20.3 Å². The minimum Gasteiger partial charge on any atom is -0.351 e. The Bertz CT molecular complexity index is 230. The van der Waals surface area contributed by atoms with Crippen LogP contribution in [-0.4, -0.2) is 42.5 Å². The third kappa shape index (κ3) is 6.03. The summed E-state index contributed by atoms with van der Waals surface area (Å²) < 4.78 is 0. The van der Waals surface area contributed by atoms with Crippen LogP contribution in [0.3, 0.4) is 0 Å². The maximum Gasteiger partial charge on any atom is 0.318 e. The van der Waals surface area contributed by atoms with Gasteiger partial charge in [-0.05, 0) is 27.3 Å². The molecule has 88 valence electrons. The SMILES string of the molecule is CC(N)CCN(C)C(C)C(=O)NC(N)=O. The van der Waals surface area contributed by atoms with Gasteiger partial charge in [0.15, 0.2) is 0 Å². The minimum absolute atomic E-state index is 0.0962. The summed E-state index contributed by atoms with van der Waals surface area (Å²) in [5.74, 6) is -0.394. The summed E-state index contributed by atoms with van der Waals surface area (Å²) in [5, 5.41) is 2.04. The fourth-order valence-electron chi connectivity index (χ4n) is 1.03. The standard InChI is InChI=1S/C9H20N4O2/c1-6(10)4-5-13(3)7(2)8(14)12-9(11)15/h6-7H,4-5,10H2,1-3H3,(H3,11,12,14,15). The van der Waals surface area contributed by atoms with Gasteiger partial charge in [-0.15, -0.1) is 0 Å². The highest BCUT2D eigenvalue weighted by Gasteiger charge is 2.18. The predicted molar refractivity (Wildman–Crippen MR) is 58.1 cm³/mol. The number of primary amides is 1. The van der Waals surface area contributed by atoms with Crippen molar-refractivity contribution >= 4 is 11.9 Å². The summed E-state index contributed by atoms with van der Waals surface area (Å²) in [6.45, 7) is 4.31. The van der Waals surface area contributed by atoms with Crippen molar-refractivity contribution in [2.24, 2.45) is 11.5 Å². The Kier molecular flexibility index (Phi) is 5.88. The van der Waals surface area contributed by atoms with Gasteiger partial charge in [0.25, 0.3) is 0 Å². The summed E-state index contributed by atoms with van der Waals surface area (Å²) in [6.07, 6.45) is 0.796. The molecule has 0 bridgehead atoms. The number of hydrogen-bond donors (Lipinski definition) is 3. The normalized spacial score (nSPS) is 14.7. The largest absolute Gasteiger partial charge is 0.351 e. The highest BCUT2D eigenvalue weighted by molar-refractivity contribution is 5.96. The second-order valence-corrected chi connectivity index (χ2v) is 3.78. The molecule has 0 aromatic rings. The number of urea groups is 1. The van der Waals surface area contributed by atoms with Crippen molar-refractivity contribution < 1.29 is 9.59 Å². The fourth-order valence-corrected chi connectivity index (χ4v) is 1.03. The van der Waals surface area contributed by atoms with Crippen molar-refractivity contribution in [3.8, 4) is 0 Å². The lowest BCUT2D eigenvalue weighted by Crippen LogP contribution is -2.47. The Balaban J connectivity index is 4.01. The molecule has 0 aliphatic rings. The van der Waals surface area contributed by atoms with E-state index in [1.165, 1.54) is 0 Å². The molecule has 6 heteroatoms. The van der Waals surface area contributed by atoms with Crippen molar-refractivity contribution in [3.63, 3.8) is 0 Å².